The number of halogens is 2. The van der Waals surface area contributed by atoms with Crippen molar-refractivity contribution in [1.82, 2.24) is 5.32 Å². The highest BCUT2D eigenvalue weighted by Gasteiger charge is 2.11. The molecule has 15 heavy (non-hydrogen) atoms. The van der Waals surface area contributed by atoms with E-state index in [1.54, 1.807) is 6.92 Å². The minimum absolute atomic E-state index is 0.0437. The predicted molar refractivity (Wildman–Crippen MR) is 52.0 cm³/mol. The Bertz CT molecular complexity index is 368. The summed E-state index contributed by atoms with van der Waals surface area (Å²) in [5, 5.41) is 2.72. The van der Waals surface area contributed by atoms with E-state index in [9.17, 15) is 13.6 Å². The van der Waals surface area contributed by atoms with Gasteiger partial charge in [-0.2, -0.15) is 0 Å². The number of nitrogens with two attached hydrogens (primary N) is 1. The highest BCUT2D eigenvalue weighted by atomic mass is 19.1. The van der Waals surface area contributed by atoms with Crippen molar-refractivity contribution in [3.05, 3.63) is 35.4 Å². The van der Waals surface area contributed by atoms with Gasteiger partial charge >= 0.3 is 0 Å². The number of carbonyl (C=O) groups is 1. The van der Waals surface area contributed by atoms with E-state index in [0.717, 1.165) is 6.07 Å². The van der Waals surface area contributed by atoms with Crippen molar-refractivity contribution < 1.29 is 13.6 Å². The van der Waals surface area contributed by atoms with Gasteiger partial charge in [-0.1, -0.05) is 6.07 Å². The molecule has 1 amide bonds. The lowest BCUT2D eigenvalue weighted by Gasteiger charge is -2.13. The first-order valence-corrected chi connectivity index (χ1v) is 4.47. The summed E-state index contributed by atoms with van der Waals surface area (Å²) in [6.07, 6.45) is 0. The molecule has 0 fully saturated rings. The molecule has 0 bridgehead atoms. The molecule has 0 aliphatic heterocycles. The summed E-state index contributed by atoms with van der Waals surface area (Å²) >= 11 is 0. The third-order valence-corrected chi connectivity index (χ3v) is 2.01. The molecular weight excluding hydrogens is 202 g/mol. The first-order chi connectivity index (χ1) is 7.00. The van der Waals surface area contributed by atoms with Gasteiger partial charge in [0.25, 0.3) is 0 Å². The SMILES string of the molecule is C[C@H](NCC(N)=O)c1ccc(F)cc1F. The van der Waals surface area contributed by atoms with Gasteiger partial charge < -0.3 is 11.1 Å². The van der Waals surface area contributed by atoms with Crippen LogP contribution < -0.4 is 11.1 Å². The fraction of sp³-hybridized carbons (Fsp3) is 0.300. The highest BCUT2D eigenvalue weighted by molar-refractivity contribution is 5.75. The molecule has 0 saturated carbocycles. The van der Waals surface area contributed by atoms with Gasteiger partial charge in [0.1, 0.15) is 11.6 Å². The number of hydrogen-bond acceptors (Lipinski definition) is 2. The normalized spacial score (nSPS) is 12.5. The summed E-state index contributed by atoms with van der Waals surface area (Å²) < 4.78 is 25.8. The Morgan fingerprint density at radius 3 is 2.73 bits per heavy atom. The molecular formula is C10H12F2N2O. The summed E-state index contributed by atoms with van der Waals surface area (Å²) in [7, 11) is 0. The Balaban J connectivity index is 2.73. The maximum atomic E-state index is 13.2. The molecule has 1 aromatic carbocycles. The van der Waals surface area contributed by atoms with E-state index >= 15 is 0 Å². The van der Waals surface area contributed by atoms with Gasteiger partial charge in [0.2, 0.25) is 5.91 Å². The quantitative estimate of drug-likeness (QED) is 0.788. The molecule has 0 aliphatic rings. The summed E-state index contributed by atoms with van der Waals surface area (Å²) in [6, 6.07) is 2.92. The van der Waals surface area contributed by atoms with Crippen LogP contribution in [0, 0.1) is 11.6 Å². The molecule has 3 N–H and O–H groups in total. The molecule has 1 aromatic rings. The van der Waals surface area contributed by atoms with Crippen molar-refractivity contribution in [3.63, 3.8) is 0 Å². The van der Waals surface area contributed by atoms with Gasteiger partial charge in [-0.25, -0.2) is 8.78 Å². The Hall–Kier alpha value is -1.49. The van der Waals surface area contributed by atoms with Crippen molar-refractivity contribution >= 4 is 5.91 Å². The number of rotatable bonds is 4. The number of amides is 1. The van der Waals surface area contributed by atoms with Crippen LogP contribution >= 0.6 is 0 Å². The molecule has 1 atom stereocenters. The lowest BCUT2D eigenvalue weighted by molar-refractivity contribution is -0.117. The summed E-state index contributed by atoms with van der Waals surface area (Å²) in [5.74, 6) is -1.79. The van der Waals surface area contributed by atoms with Crippen molar-refractivity contribution in [2.45, 2.75) is 13.0 Å². The molecule has 0 radical (unpaired) electrons. The predicted octanol–water partition coefficient (Wildman–Crippen LogP) is 1.10. The lowest BCUT2D eigenvalue weighted by Crippen LogP contribution is -2.30. The molecule has 1 rings (SSSR count). The third-order valence-electron chi connectivity index (χ3n) is 2.01. The standard InChI is InChI=1S/C10H12F2N2O/c1-6(14-5-10(13)15)8-3-2-7(11)4-9(8)12/h2-4,6,14H,5H2,1H3,(H2,13,15)/t6-/m0/s1. The van der Waals surface area contributed by atoms with Crippen LogP contribution in [-0.2, 0) is 4.79 Å². The zero-order chi connectivity index (χ0) is 11.4. The molecule has 0 aliphatic carbocycles. The lowest BCUT2D eigenvalue weighted by atomic mass is 10.1. The van der Waals surface area contributed by atoms with E-state index in [4.69, 9.17) is 5.73 Å². The van der Waals surface area contributed by atoms with Crippen LogP contribution in [0.15, 0.2) is 18.2 Å². The third kappa shape index (κ3) is 3.28. The number of carbonyl (C=O) groups excluding carboxylic acids is 1. The number of hydrogen-bond donors (Lipinski definition) is 2. The number of benzene rings is 1. The minimum atomic E-state index is -0.639. The monoisotopic (exact) mass is 214 g/mol. The van der Waals surface area contributed by atoms with Crippen LogP contribution in [0.5, 0.6) is 0 Å². The highest BCUT2D eigenvalue weighted by Crippen LogP contribution is 2.17. The molecule has 0 heterocycles. The van der Waals surface area contributed by atoms with E-state index in [2.05, 4.69) is 5.32 Å². The van der Waals surface area contributed by atoms with E-state index in [0.29, 0.717) is 5.56 Å². The van der Waals surface area contributed by atoms with Crippen molar-refractivity contribution in [1.29, 1.82) is 0 Å². The Morgan fingerprint density at radius 2 is 2.20 bits per heavy atom. The first kappa shape index (κ1) is 11.6. The zero-order valence-corrected chi connectivity index (χ0v) is 8.26. The number of primary amides is 1. The Morgan fingerprint density at radius 1 is 1.53 bits per heavy atom. The van der Waals surface area contributed by atoms with Crippen LogP contribution in [0.4, 0.5) is 8.78 Å². The topological polar surface area (TPSA) is 55.1 Å². The summed E-state index contributed by atoms with van der Waals surface area (Å²) in [6.45, 7) is 1.62. The van der Waals surface area contributed by atoms with E-state index < -0.39 is 23.6 Å². The van der Waals surface area contributed by atoms with E-state index in [1.807, 2.05) is 0 Å². The van der Waals surface area contributed by atoms with Gasteiger partial charge in [-0.15, -0.1) is 0 Å². The van der Waals surface area contributed by atoms with Gasteiger partial charge in [-0.05, 0) is 13.0 Å². The van der Waals surface area contributed by atoms with Crippen LogP contribution in [0.25, 0.3) is 0 Å². The average Bonchev–Trinajstić information content (AvgIpc) is 2.14. The van der Waals surface area contributed by atoms with Gasteiger partial charge in [0, 0.05) is 17.7 Å². The van der Waals surface area contributed by atoms with Crippen molar-refractivity contribution in [2.75, 3.05) is 6.54 Å². The summed E-state index contributed by atoms with van der Waals surface area (Å²) in [5.41, 5.74) is 5.23. The molecule has 0 aromatic heterocycles. The largest absolute Gasteiger partial charge is 0.369 e. The van der Waals surface area contributed by atoms with Crippen LogP contribution in [-0.4, -0.2) is 12.5 Å². The van der Waals surface area contributed by atoms with Gasteiger partial charge in [-0.3, -0.25) is 4.79 Å². The number of nitrogens with one attached hydrogen (secondary N) is 1. The van der Waals surface area contributed by atoms with Gasteiger partial charge in [0.05, 0.1) is 6.54 Å². The summed E-state index contributed by atoms with van der Waals surface area (Å²) in [4.78, 5) is 10.5. The second-order valence-corrected chi connectivity index (χ2v) is 3.23. The fourth-order valence-corrected chi connectivity index (χ4v) is 1.22. The smallest absolute Gasteiger partial charge is 0.231 e. The molecule has 5 heteroatoms. The van der Waals surface area contributed by atoms with Crippen molar-refractivity contribution in [3.8, 4) is 0 Å². The Labute approximate surface area is 86.3 Å². The van der Waals surface area contributed by atoms with Crippen LogP contribution in [0.1, 0.15) is 18.5 Å². The average molecular weight is 214 g/mol. The van der Waals surface area contributed by atoms with E-state index in [-0.39, 0.29) is 6.54 Å². The van der Waals surface area contributed by atoms with Crippen LogP contribution in [0.2, 0.25) is 0 Å². The maximum Gasteiger partial charge on any atom is 0.231 e. The molecule has 0 spiro atoms. The molecule has 0 saturated heterocycles. The maximum absolute atomic E-state index is 13.2. The Kier molecular flexibility index (Phi) is 3.74. The van der Waals surface area contributed by atoms with Crippen LogP contribution in [0.3, 0.4) is 0 Å². The second-order valence-electron chi connectivity index (χ2n) is 3.23. The molecule has 82 valence electrons. The fourth-order valence-electron chi connectivity index (χ4n) is 1.22. The molecule has 3 nitrogen and oxygen atoms in total. The van der Waals surface area contributed by atoms with Gasteiger partial charge in [0.15, 0.2) is 0 Å². The molecule has 0 unspecified atom stereocenters. The second kappa shape index (κ2) is 4.84. The zero-order valence-electron chi connectivity index (χ0n) is 8.26. The van der Waals surface area contributed by atoms with Crippen molar-refractivity contribution in [2.24, 2.45) is 5.73 Å². The first-order valence-electron chi connectivity index (χ1n) is 4.47. The minimum Gasteiger partial charge on any atom is -0.369 e. The van der Waals surface area contributed by atoms with E-state index in [1.165, 1.54) is 12.1 Å².